The lowest BCUT2D eigenvalue weighted by Gasteiger charge is -2.43. The Balaban J connectivity index is 2.14. The fourth-order valence-corrected chi connectivity index (χ4v) is 2.70. The molecule has 2 rings (SSSR count). The Labute approximate surface area is 92.0 Å². The normalized spacial score (nSPS) is 34.8. The third-order valence-electron chi connectivity index (χ3n) is 3.68. The highest BCUT2D eigenvalue weighted by Crippen LogP contribution is 2.45. The Morgan fingerprint density at radius 2 is 2.33 bits per heavy atom. The molecule has 0 heterocycles. The van der Waals surface area contributed by atoms with Gasteiger partial charge in [-0.2, -0.15) is 0 Å². The highest BCUT2D eigenvalue weighted by molar-refractivity contribution is 5.32. The molecule has 0 spiro atoms. The van der Waals surface area contributed by atoms with Gasteiger partial charge in [-0.15, -0.1) is 0 Å². The number of fused-ring (bicyclic) bond motifs is 1. The molecule has 0 aromatic heterocycles. The van der Waals surface area contributed by atoms with Gasteiger partial charge in [-0.25, -0.2) is 0 Å². The molecule has 2 aliphatic carbocycles. The Morgan fingerprint density at radius 1 is 1.47 bits per heavy atom. The Hall–Kier alpha value is -0.600. The topological polar surface area (TPSA) is 18.5 Å². The third-order valence-corrected chi connectivity index (χ3v) is 3.68. The molecule has 2 nitrogen and oxygen atoms in total. The van der Waals surface area contributed by atoms with Gasteiger partial charge in [0.25, 0.3) is 0 Å². The van der Waals surface area contributed by atoms with Gasteiger partial charge >= 0.3 is 0 Å². The van der Waals surface area contributed by atoms with Crippen molar-refractivity contribution in [3.05, 3.63) is 23.8 Å². The monoisotopic (exact) mass is 208 g/mol. The van der Waals surface area contributed by atoms with Gasteiger partial charge in [-0.1, -0.05) is 25.2 Å². The van der Waals surface area contributed by atoms with Crippen LogP contribution in [0.3, 0.4) is 0 Å². The van der Waals surface area contributed by atoms with Crippen molar-refractivity contribution in [3.63, 3.8) is 0 Å². The highest BCUT2D eigenvalue weighted by atomic mass is 16.7. The first-order valence-corrected chi connectivity index (χ1v) is 5.75. The minimum Gasteiger partial charge on any atom is -0.359 e. The summed E-state index contributed by atoms with van der Waals surface area (Å²) in [6.07, 6.45) is 11.8. The van der Waals surface area contributed by atoms with E-state index in [2.05, 4.69) is 25.2 Å². The first-order valence-electron chi connectivity index (χ1n) is 5.75. The number of methoxy groups -OCH3 is 1. The zero-order valence-corrected chi connectivity index (χ0v) is 9.66. The molecule has 2 aliphatic rings. The van der Waals surface area contributed by atoms with Crippen LogP contribution in [0.5, 0.6) is 0 Å². The molecule has 0 bridgehead atoms. The predicted octanol–water partition coefficient (Wildman–Crippen LogP) is 3.05. The van der Waals surface area contributed by atoms with E-state index in [1.54, 1.807) is 7.11 Å². The van der Waals surface area contributed by atoms with E-state index in [0.717, 1.165) is 12.8 Å². The van der Waals surface area contributed by atoms with Gasteiger partial charge in [0.05, 0.1) is 6.10 Å². The summed E-state index contributed by atoms with van der Waals surface area (Å²) in [5, 5.41) is 0. The fourth-order valence-electron chi connectivity index (χ4n) is 2.70. The average Bonchev–Trinajstić information content (AvgIpc) is 2.26. The second-order valence-corrected chi connectivity index (χ2v) is 4.66. The van der Waals surface area contributed by atoms with Crippen molar-refractivity contribution in [3.8, 4) is 0 Å². The smallest absolute Gasteiger partial charge is 0.146 e. The van der Waals surface area contributed by atoms with Crippen molar-refractivity contribution in [2.75, 3.05) is 13.9 Å². The summed E-state index contributed by atoms with van der Waals surface area (Å²) in [5.41, 5.74) is 1.67. The van der Waals surface area contributed by atoms with E-state index < -0.39 is 0 Å². The Morgan fingerprint density at radius 3 is 3.13 bits per heavy atom. The first-order chi connectivity index (χ1) is 7.27. The van der Waals surface area contributed by atoms with Crippen LogP contribution in [0, 0.1) is 5.41 Å². The van der Waals surface area contributed by atoms with Crippen molar-refractivity contribution >= 4 is 0 Å². The zero-order chi connectivity index (χ0) is 10.7. The minimum absolute atomic E-state index is 0.214. The number of hydrogen-bond acceptors (Lipinski definition) is 2. The lowest BCUT2D eigenvalue weighted by Crippen LogP contribution is -2.39. The van der Waals surface area contributed by atoms with E-state index in [4.69, 9.17) is 9.47 Å². The summed E-state index contributed by atoms with van der Waals surface area (Å²) < 4.78 is 10.8. The summed E-state index contributed by atoms with van der Waals surface area (Å²) in [4.78, 5) is 0. The van der Waals surface area contributed by atoms with Gasteiger partial charge in [0.15, 0.2) is 0 Å². The van der Waals surface area contributed by atoms with Crippen LogP contribution >= 0.6 is 0 Å². The number of rotatable bonds is 3. The summed E-state index contributed by atoms with van der Waals surface area (Å²) >= 11 is 0. The van der Waals surface area contributed by atoms with Gasteiger partial charge in [-0.3, -0.25) is 0 Å². The molecule has 0 saturated carbocycles. The molecule has 2 atom stereocenters. The van der Waals surface area contributed by atoms with Gasteiger partial charge in [0, 0.05) is 12.5 Å². The minimum atomic E-state index is 0.214. The molecule has 0 unspecified atom stereocenters. The standard InChI is InChI=1S/C13H20O2/c1-13-9-4-3-6-11(13)7-5-8-12(13)15-10-14-2/h3,6-7,12H,4-5,8-10H2,1-2H3/t12-,13-/m0/s1. The highest BCUT2D eigenvalue weighted by Gasteiger charge is 2.39. The molecule has 84 valence electrons. The lowest BCUT2D eigenvalue weighted by atomic mass is 9.67. The SMILES string of the molecule is COCO[C@H]1CCC=C2C=CCC[C@@]21C. The maximum absolute atomic E-state index is 5.81. The number of ether oxygens (including phenoxy) is 2. The van der Waals surface area contributed by atoms with Crippen LogP contribution in [0.15, 0.2) is 23.8 Å². The quantitative estimate of drug-likeness (QED) is 0.664. The van der Waals surface area contributed by atoms with Crippen LogP contribution in [0.2, 0.25) is 0 Å². The predicted molar refractivity (Wildman–Crippen MR) is 60.5 cm³/mol. The van der Waals surface area contributed by atoms with Crippen LogP contribution < -0.4 is 0 Å². The van der Waals surface area contributed by atoms with Gasteiger partial charge in [0.1, 0.15) is 6.79 Å². The van der Waals surface area contributed by atoms with Crippen LogP contribution in [0.1, 0.15) is 32.6 Å². The van der Waals surface area contributed by atoms with E-state index in [9.17, 15) is 0 Å². The van der Waals surface area contributed by atoms with E-state index in [-0.39, 0.29) is 5.41 Å². The third kappa shape index (κ3) is 2.01. The molecule has 0 saturated heterocycles. The molecule has 0 aliphatic heterocycles. The second kappa shape index (κ2) is 4.50. The van der Waals surface area contributed by atoms with Crippen LogP contribution in [0.25, 0.3) is 0 Å². The molecule has 0 N–H and O–H groups in total. The molecular formula is C13H20O2. The largest absolute Gasteiger partial charge is 0.359 e. The van der Waals surface area contributed by atoms with Crippen LogP contribution in [0.4, 0.5) is 0 Å². The second-order valence-electron chi connectivity index (χ2n) is 4.66. The van der Waals surface area contributed by atoms with Crippen molar-refractivity contribution < 1.29 is 9.47 Å². The van der Waals surface area contributed by atoms with Gasteiger partial charge < -0.3 is 9.47 Å². The van der Waals surface area contributed by atoms with Crippen LogP contribution in [-0.4, -0.2) is 20.0 Å². The van der Waals surface area contributed by atoms with Crippen LogP contribution in [-0.2, 0) is 9.47 Å². The van der Waals surface area contributed by atoms with E-state index in [1.807, 2.05) is 0 Å². The van der Waals surface area contributed by atoms with Crippen molar-refractivity contribution in [1.82, 2.24) is 0 Å². The molecule has 0 amide bonds. The zero-order valence-electron chi connectivity index (χ0n) is 9.66. The average molecular weight is 208 g/mol. The molecule has 2 heteroatoms. The summed E-state index contributed by atoms with van der Waals surface area (Å²) in [6.45, 7) is 2.74. The molecule has 15 heavy (non-hydrogen) atoms. The summed E-state index contributed by atoms with van der Waals surface area (Å²) in [6, 6.07) is 0. The summed E-state index contributed by atoms with van der Waals surface area (Å²) in [7, 11) is 1.68. The maximum Gasteiger partial charge on any atom is 0.146 e. The van der Waals surface area contributed by atoms with Crippen molar-refractivity contribution in [2.24, 2.45) is 5.41 Å². The van der Waals surface area contributed by atoms with E-state index >= 15 is 0 Å². The molecule has 0 radical (unpaired) electrons. The van der Waals surface area contributed by atoms with Gasteiger partial charge in [-0.05, 0) is 31.3 Å². The molecule has 0 fully saturated rings. The Kier molecular flexibility index (Phi) is 3.27. The number of hydrogen-bond donors (Lipinski definition) is 0. The van der Waals surface area contributed by atoms with Crippen molar-refractivity contribution in [1.29, 1.82) is 0 Å². The van der Waals surface area contributed by atoms with E-state index in [1.165, 1.54) is 18.4 Å². The van der Waals surface area contributed by atoms with E-state index in [0.29, 0.717) is 12.9 Å². The van der Waals surface area contributed by atoms with Gasteiger partial charge in [0.2, 0.25) is 0 Å². The Bertz CT molecular complexity index is 280. The number of allylic oxidation sites excluding steroid dienone is 3. The molecule has 0 aromatic carbocycles. The summed E-state index contributed by atoms with van der Waals surface area (Å²) in [5.74, 6) is 0. The molecule has 0 aromatic rings. The fraction of sp³-hybridized carbons (Fsp3) is 0.692. The maximum atomic E-state index is 5.81. The first kappa shape index (κ1) is 10.9. The molecular weight excluding hydrogens is 188 g/mol. The van der Waals surface area contributed by atoms with Crippen molar-refractivity contribution in [2.45, 2.75) is 38.7 Å². The lowest BCUT2D eigenvalue weighted by molar-refractivity contribution is -0.113.